The van der Waals surface area contributed by atoms with Crippen molar-refractivity contribution >= 4 is 11.6 Å². The molecule has 5 heteroatoms. The zero-order chi connectivity index (χ0) is 14.8. The zero-order valence-corrected chi connectivity index (χ0v) is 13.4. The Balaban J connectivity index is 2.37. The molecule has 1 aliphatic carbocycles. The Bertz CT molecular complexity index is 437. The fraction of sp³-hybridized carbons (Fsp3) is 0.800. The minimum Gasteiger partial charge on any atom is -0.384 e. The third kappa shape index (κ3) is 2.87. The van der Waals surface area contributed by atoms with Crippen LogP contribution in [0.4, 0.5) is 0 Å². The smallest absolute Gasteiger partial charge is 0.126 e. The Morgan fingerprint density at radius 2 is 1.90 bits per heavy atom. The van der Waals surface area contributed by atoms with Gasteiger partial charge >= 0.3 is 0 Å². The Morgan fingerprint density at radius 3 is 2.40 bits per heavy atom. The van der Waals surface area contributed by atoms with Crippen LogP contribution in [-0.2, 0) is 4.74 Å². The van der Waals surface area contributed by atoms with Gasteiger partial charge in [0.25, 0.3) is 0 Å². The number of ether oxygens (including phenoxy) is 1. The number of halogens is 1. The van der Waals surface area contributed by atoms with Crippen molar-refractivity contribution < 1.29 is 9.84 Å². The van der Waals surface area contributed by atoms with Gasteiger partial charge in [-0.05, 0) is 26.7 Å². The molecule has 1 unspecified atom stereocenters. The minimum atomic E-state index is -0.733. The SMILES string of the molecule is COC1(C(O)c2c(Cl)cnn2C(C)C)CCCCCC1. The van der Waals surface area contributed by atoms with E-state index in [0.29, 0.717) is 10.7 Å². The van der Waals surface area contributed by atoms with Gasteiger partial charge in [-0.3, -0.25) is 4.68 Å². The van der Waals surface area contributed by atoms with Crippen molar-refractivity contribution in [3.63, 3.8) is 0 Å². The highest BCUT2D eigenvalue weighted by Gasteiger charge is 2.42. The van der Waals surface area contributed by atoms with Crippen LogP contribution in [0.25, 0.3) is 0 Å². The van der Waals surface area contributed by atoms with Crippen molar-refractivity contribution in [1.29, 1.82) is 0 Å². The van der Waals surface area contributed by atoms with Gasteiger partial charge in [-0.2, -0.15) is 5.10 Å². The first-order valence-corrected chi connectivity index (χ1v) is 7.86. The lowest BCUT2D eigenvalue weighted by molar-refractivity contribution is -0.117. The van der Waals surface area contributed by atoms with Gasteiger partial charge in [0.2, 0.25) is 0 Å². The number of aromatic nitrogens is 2. The lowest BCUT2D eigenvalue weighted by Gasteiger charge is -2.36. The molecule has 0 spiro atoms. The molecule has 1 aliphatic rings. The lowest BCUT2D eigenvalue weighted by Crippen LogP contribution is -2.39. The van der Waals surface area contributed by atoms with Gasteiger partial charge < -0.3 is 9.84 Å². The summed E-state index contributed by atoms with van der Waals surface area (Å²) in [5.41, 5.74) is 0.151. The molecule has 2 rings (SSSR count). The molecule has 20 heavy (non-hydrogen) atoms. The van der Waals surface area contributed by atoms with Crippen molar-refractivity contribution in [3.05, 3.63) is 16.9 Å². The number of aliphatic hydroxyl groups is 1. The van der Waals surface area contributed by atoms with Crippen LogP contribution < -0.4 is 0 Å². The number of aliphatic hydroxyl groups excluding tert-OH is 1. The first-order chi connectivity index (χ1) is 9.52. The van der Waals surface area contributed by atoms with E-state index < -0.39 is 11.7 Å². The third-order valence-corrected chi connectivity index (χ3v) is 4.68. The molecule has 0 saturated heterocycles. The number of hydrogen-bond donors (Lipinski definition) is 1. The third-order valence-electron chi connectivity index (χ3n) is 4.39. The monoisotopic (exact) mass is 300 g/mol. The molecule has 0 radical (unpaired) electrons. The molecule has 0 bridgehead atoms. The molecular weight excluding hydrogens is 276 g/mol. The fourth-order valence-corrected chi connectivity index (χ4v) is 3.42. The van der Waals surface area contributed by atoms with Gasteiger partial charge in [0, 0.05) is 13.2 Å². The average molecular weight is 301 g/mol. The Kier molecular flexibility index (Phi) is 5.10. The summed E-state index contributed by atoms with van der Waals surface area (Å²) < 4.78 is 7.59. The molecule has 1 heterocycles. The fourth-order valence-electron chi connectivity index (χ4n) is 3.18. The van der Waals surface area contributed by atoms with Crippen LogP contribution in [0.1, 0.15) is 70.2 Å². The van der Waals surface area contributed by atoms with Crippen LogP contribution in [0.15, 0.2) is 6.20 Å². The van der Waals surface area contributed by atoms with Gasteiger partial charge in [0.15, 0.2) is 0 Å². The largest absolute Gasteiger partial charge is 0.384 e. The van der Waals surface area contributed by atoms with Crippen molar-refractivity contribution in [3.8, 4) is 0 Å². The Morgan fingerprint density at radius 1 is 1.30 bits per heavy atom. The van der Waals surface area contributed by atoms with Gasteiger partial charge in [0.1, 0.15) is 6.10 Å². The van der Waals surface area contributed by atoms with Crippen LogP contribution in [0.3, 0.4) is 0 Å². The van der Waals surface area contributed by atoms with Crippen molar-refractivity contribution in [2.45, 2.75) is 70.1 Å². The molecule has 0 amide bonds. The molecule has 1 N–H and O–H groups in total. The van der Waals surface area contributed by atoms with E-state index in [9.17, 15) is 5.11 Å². The second kappa shape index (κ2) is 6.46. The molecule has 4 nitrogen and oxygen atoms in total. The normalized spacial score (nSPS) is 20.9. The molecule has 1 atom stereocenters. The predicted molar refractivity (Wildman–Crippen MR) is 80.0 cm³/mol. The van der Waals surface area contributed by atoms with Crippen LogP contribution in [0, 0.1) is 0 Å². The molecule has 1 fully saturated rings. The topological polar surface area (TPSA) is 47.3 Å². The highest BCUT2D eigenvalue weighted by Crippen LogP contribution is 2.42. The number of rotatable bonds is 4. The molecule has 0 aliphatic heterocycles. The number of nitrogens with zero attached hydrogens (tertiary/aromatic N) is 2. The summed E-state index contributed by atoms with van der Waals surface area (Å²) in [5, 5.41) is 15.8. The minimum absolute atomic E-state index is 0.159. The zero-order valence-electron chi connectivity index (χ0n) is 12.6. The summed E-state index contributed by atoms with van der Waals surface area (Å²) in [6, 6.07) is 0.159. The summed E-state index contributed by atoms with van der Waals surface area (Å²) in [4.78, 5) is 0. The summed E-state index contributed by atoms with van der Waals surface area (Å²) in [6.45, 7) is 4.07. The van der Waals surface area contributed by atoms with E-state index in [0.717, 1.165) is 25.7 Å². The van der Waals surface area contributed by atoms with E-state index in [2.05, 4.69) is 5.10 Å². The maximum atomic E-state index is 10.9. The Hall–Kier alpha value is -0.580. The van der Waals surface area contributed by atoms with Crippen molar-refractivity contribution in [1.82, 2.24) is 9.78 Å². The maximum absolute atomic E-state index is 10.9. The van der Waals surface area contributed by atoms with Crippen LogP contribution in [0.5, 0.6) is 0 Å². The van der Waals surface area contributed by atoms with Crippen molar-refractivity contribution in [2.24, 2.45) is 0 Å². The molecular formula is C15H25ClN2O2. The van der Waals surface area contributed by atoms with E-state index in [1.807, 2.05) is 13.8 Å². The lowest BCUT2D eigenvalue weighted by atomic mass is 9.86. The van der Waals surface area contributed by atoms with E-state index >= 15 is 0 Å². The molecule has 1 aromatic rings. The quantitative estimate of drug-likeness (QED) is 0.858. The number of methoxy groups -OCH3 is 1. The molecule has 0 aromatic carbocycles. The Labute approximate surface area is 126 Å². The van der Waals surface area contributed by atoms with E-state index in [4.69, 9.17) is 16.3 Å². The van der Waals surface area contributed by atoms with Gasteiger partial charge in [-0.25, -0.2) is 0 Å². The van der Waals surface area contributed by atoms with E-state index in [-0.39, 0.29) is 6.04 Å². The molecule has 114 valence electrons. The molecule has 1 saturated carbocycles. The van der Waals surface area contributed by atoms with E-state index in [1.165, 1.54) is 12.8 Å². The van der Waals surface area contributed by atoms with Crippen LogP contribution in [0.2, 0.25) is 5.02 Å². The number of hydrogen-bond acceptors (Lipinski definition) is 3. The summed E-state index contributed by atoms with van der Waals surface area (Å²) in [6.07, 6.45) is 7.18. The predicted octanol–water partition coefficient (Wildman–Crippen LogP) is 3.89. The first kappa shape index (κ1) is 15.8. The summed E-state index contributed by atoms with van der Waals surface area (Å²) in [5.74, 6) is 0. The van der Waals surface area contributed by atoms with Gasteiger partial charge in [-0.15, -0.1) is 0 Å². The first-order valence-electron chi connectivity index (χ1n) is 7.48. The highest BCUT2D eigenvalue weighted by atomic mass is 35.5. The molecule has 1 aromatic heterocycles. The van der Waals surface area contributed by atoms with E-state index in [1.54, 1.807) is 18.0 Å². The van der Waals surface area contributed by atoms with Crippen LogP contribution in [-0.4, -0.2) is 27.6 Å². The summed E-state index contributed by atoms with van der Waals surface area (Å²) in [7, 11) is 1.69. The van der Waals surface area contributed by atoms with Gasteiger partial charge in [0.05, 0.1) is 22.5 Å². The van der Waals surface area contributed by atoms with Gasteiger partial charge in [-0.1, -0.05) is 37.3 Å². The average Bonchev–Trinajstić information content (AvgIpc) is 2.66. The summed E-state index contributed by atoms with van der Waals surface area (Å²) >= 11 is 6.26. The highest BCUT2D eigenvalue weighted by molar-refractivity contribution is 6.31. The second-order valence-electron chi connectivity index (χ2n) is 6.00. The van der Waals surface area contributed by atoms with Crippen LogP contribution >= 0.6 is 11.6 Å². The maximum Gasteiger partial charge on any atom is 0.126 e. The van der Waals surface area contributed by atoms with Crippen molar-refractivity contribution in [2.75, 3.05) is 7.11 Å². The standard InChI is InChI=1S/C15H25ClN2O2/c1-11(2)18-13(12(16)10-17-18)14(19)15(20-3)8-6-4-5-7-9-15/h10-11,14,19H,4-9H2,1-3H3. The second-order valence-corrected chi connectivity index (χ2v) is 6.41.